The molecule has 0 aliphatic carbocycles. The zero-order valence-corrected chi connectivity index (χ0v) is 16.1. The van der Waals surface area contributed by atoms with Crippen molar-refractivity contribution in [2.45, 2.75) is 26.2 Å². The van der Waals surface area contributed by atoms with Gasteiger partial charge in [0.25, 0.3) is 0 Å². The number of para-hydroxylation sites is 1. The molecule has 144 valence electrons. The van der Waals surface area contributed by atoms with E-state index in [9.17, 15) is 4.79 Å². The topological polar surface area (TPSA) is 61.4 Å². The van der Waals surface area contributed by atoms with Crippen LogP contribution in [0.25, 0.3) is 0 Å². The number of anilines is 2. The Morgan fingerprint density at radius 3 is 2.89 bits per heavy atom. The first-order chi connectivity index (χ1) is 13.3. The number of benzene rings is 1. The number of amides is 1. The summed E-state index contributed by atoms with van der Waals surface area (Å²) < 4.78 is 0. The highest BCUT2D eigenvalue weighted by Gasteiger charge is 2.26. The van der Waals surface area contributed by atoms with Crippen LogP contribution in [0.3, 0.4) is 0 Å². The fourth-order valence-corrected chi connectivity index (χ4v) is 3.59. The van der Waals surface area contributed by atoms with Crippen LogP contribution in [0.2, 0.25) is 0 Å². The maximum absolute atomic E-state index is 12.6. The van der Waals surface area contributed by atoms with E-state index in [1.807, 2.05) is 6.07 Å². The molecular weight excluding hydrogens is 338 g/mol. The maximum Gasteiger partial charge on any atom is 0.224 e. The van der Waals surface area contributed by atoms with Crippen molar-refractivity contribution in [3.05, 3.63) is 48.9 Å². The average Bonchev–Trinajstić information content (AvgIpc) is 2.75. The van der Waals surface area contributed by atoms with Crippen molar-refractivity contribution in [2.75, 3.05) is 42.5 Å². The molecule has 1 aromatic carbocycles. The van der Waals surface area contributed by atoms with Crippen molar-refractivity contribution in [1.82, 2.24) is 15.3 Å². The summed E-state index contributed by atoms with van der Waals surface area (Å²) >= 11 is 0. The van der Waals surface area contributed by atoms with Gasteiger partial charge in [0.05, 0.1) is 12.1 Å². The lowest BCUT2D eigenvalue weighted by Gasteiger charge is -2.32. The molecule has 2 aromatic rings. The van der Waals surface area contributed by atoms with Gasteiger partial charge in [0.15, 0.2) is 0 Å². The molecule has 6 nitrogen and oxygen atoms in total. The maximum atomic E-state index is 12.6. The number of nitrogens with one attached hydrogen (secondary N) is 1. The molecule has 1 fully saturated rings. The first kappa shape index (κ1) is 19.1. The molecule has 27 heavy (non-hydrogen) atoms. The largest absolute Gasteiger partial charge is 0.372 e. The third-order valence-electron chi connectivity index (χ3n) is 5.07. The van der Waals surface area contributed by atoms with Crippen LogP contribution in [0.1, 0.15) is 26.2 Å². The molecule has 0 spiro atoms. The quantitative estimate of drug-likeness (QED) is 0.727. The Morgan fingerprint density at radius 2 is 2.15 bits per heavy atom. The molecule has 3 rings (SSSR count). The normalized spacial score (nSPS) is 16.8. The minimum atomic E-state index is 0.0251. The fourth-order valence-electron chi connectivity index (χ4n) is 3.59. The molecule has 1 amide bonds. The van der Waals surface area contributed by atoms with Crippen LogP contribution in [0, 0.1) is 5.92 Å². The summed E-state index contributed by atoms with van der Waals surface area (Å²) in [5.41, 5.74) is 1.23. The minimum absolute atomic E-state index is 0.0251. The molecule has 1 aromatic heterocycles. The molecule has 0 radical (unpaired) electrons. The van der Waals surface area contributed by atoms with E-state index in [1.165, 1.54) is 5.69 Å². The second-order valence-corrected chi connectivity index (χ2v) is 6.91. The highest BCUT2D eigenvalue weighted by molar-refractivity contribution is 5.79. The number of hydrogen-bond donors (Lipinski definition) is 1. The summed E-state index contributed by atoms with van der Waals surface area (Å²) in [5.74, 6) is 1.04. The first-order valence-corrected chi connectivity index (χ1v) is 9.86. The molecule has 1 aliphatic heterocycles. The average molecular weight is 367 g/mol. The van der Waals surface area contributed by atoms with Crippen LogP contribution in [-0.2, 0) is 4.79 Å². The van der Waals surface area contributed by atoms with Gasteiger partial charge >= 0.3 is 0 Å². The van der Waals surface area contributed by atoms with Crippen molar-refractivity contribution in [3.63, 3.8) is 0 Å². The van der Waals surface area contributed by atoms with Gasteiger partial charge in [-0.05, 0) is 38.3 Å². The lowest BCUT2D eigenvalue weighted by Crippen LogP contribution is -2.44. The van der Waals surface area contributed by atoms with Crippen LogP contribution in [0.5, 0.6) is 0 Å². The van der Waals surface area contributed by atoms with Crippen molar-refractivity contribution < 1.29 is 4.79 Å². The summed E-state index contributed by atoms with van der Waals surface area (Å²) in [6, 6.07) is 10.4. The lowest BCUT2D eigenvalue weighted by molar-refractivity contribution is -0.125. The summed E-state index contributed by atoms with van der Waals surface area (Å²) in [4.78, 5) is 25.6. The van der Waals surface area contributed by atoms with Crippen LogP contribution in [-0.4, -0.2) is 48.6 Å². The lowest BCUT2D eigenvalue weighted by atomic mass is 9.97. The van der Waals surface area contributed by atoms with Gasteiger partial charge in [-0.15, -0.1) is 0 Å². The van der Waals surface area contributed by atoms with E-state index in [-0.39, 0.29) is 11.8 Å². The van der Waals surface area contributed by atoms with E-state index in [2.05, 4.69) is 56.3 Å². The number of rotatable bonds is 8. The number of hydrogen-bond acceptors (Lipinski definition) is 5. The van der Waals surface area contributed by atoms with Crippen molar-refractivity contribution in [1.29, 1.82) is 0 Å². The van der Waals surface area contributed by atoms with Crippen LogP contribution < -0.4 is 15.1 Å². The second kappa shape index (κ2) is 9.90. The molecule has 1 saturated heterocycles. The first-order valence-electron chi connectivity index (χ1n) is 9.86. The smallest absolute Gasteiger partial charge is 0.224 e. The summed E-state index contributed by atoms with van der Waals surface area (Å²) in [6.45, 7) is 6.43. The van der Waals surface area contributed by atoms with Gasteiger partial charge in [-0.3, -0.25) is 9.78 Å². The van der Waals surface area contributed by atoms with Gasteiger partial charge in [-0.25, -0.2) is 4.98 Å². The standard InChI is InChI=1S/C21H29N5O/c1-2-25(19-9-4-3-5-10-19)15-7-11-24-21(27)18-8-6-14-26(17-18)20-16-22-12-13-23-20/h3-5,9-10,12-13,16,18H,2,6-8,11,14-15,17H2,1H3,(H,24,27). The Kier molecular flexibility index (Phi) is 7.02. The highest BCUT2D eigenvalue weighted by Crippen LogP contribution is 2.21. The van der Waals surface area contributed by atoms with E-state index >= 15 is 0 Å². The fraction of sp³-hybridized carbons (Fsp3) is 0.476. The summed E-state index contributed by atoms with van der Waals surface area (Å²) in [7, 11) is 0. The van der Waals surface area contributed by atoms with Gasteiger partial charge in [-0.1, -0.05) is 18.2 Å². The van der Waals surface area contributed by atoms with E-state index in [0.29, 0.717) is 6.54 Å². The molecule has 0 bridgehead atoms. The summed E-state index contributed by atoms with van der Waals surface area (Å²) in [5, 5.41) is 3.13. The van der Waals surface area contributed by atoms with E-state index in [4.69, 9.17) is 0 Å². The number of carbonyl (C=O) groups excluding carboxylic acids is 1. The van der Waals surface area contributed by atoms with E-state index in [1.54, 1.807) is 18.6 Å². The molecule has 2 heterocycles. The van der Waals surface area contributed by atoms with E-state index < -0.39 is 0 Å². The van der Waals surface area contributed by atoms with Gasteiger partial charge in [0, 0.05) is 50.8 Å². The Labute approximate surface area is 161 Å². The number of piperidine rings is 1. The van der Waals surface area contributed by atoms with Gasteiger partial charge in [-0.2, -0.15) is 0 Å². The third-order valence-corrected chi connectivity index (χ3v) is 5.07. The van der Waals surface area contributed by atoms with Crippen LogP contribution in [0.15, 0.2) is 48.9 Å². The molecule has 0 saturated carbocycles. The number of aromatic nitrogens is 2. The van der Waals surface area contributed by atoms with Gasteiger partial charge in [0.2, 0.25) is 5.91 Å². The molecule has 1 unspecified atom stereocenters. The van der Waals surface area contributed by atoms with Gasteiger partial charge < -0.3 is 15.1 Å². The van der Waals surface area contributed by atoms with Crippen molar-refractivity contribution in [3.8, 4) is 0 Å². The van der Waals surface area contributed by atoms with Crippen LogP contribution >= 0.6 is 0 Å². The predicted octanol–water partition coefficient (Wildman–Crippen LogP) is 2.73. The Hall–Kier alpha value is -2.63. The Morgan fingerprint density at radius 1 is 1.30 bits per heavy atom. The third kappa shape index (κ3) is 5.42. The molecular formula is C21H29N5O. The zero-order chi connectivity index (χ0) is 18.9. The zero-order valence-electron chi connectivity index (χ0n) is 16.1. The number of nitrogens with zero attached hydrogens (tertiary/aromatic N) is 4. The van der Waals surface area contributed by atoms with Crippen LogP contribution in [0.4, 0.5) is 11.5 Å². The SMILES string of the molecule is CCN(CCCNC(=O)C1CCCN(c2cnccn2)C1)c1ccccc1. The number of carbonyl (C=O) groups is 1. The van der Waals surface area contributed by atoms with E-state index in [0.717, 1.165) is 51.3 Å². The van der Waals surface area contributed by atoms with Crippen molar-refractivity contribution >= 4 is 17.4 Å². The van der Waals surface area contributed by atoms with Gasteiger partial charge in [0.1, 0.15) is 5.82 Å². The second-order valence-electron chi connectivity index (χ2n) is 6.91. The predicted molar refractivity (Wildman–Crippen MR) is 109 cm³/mol. The molecule has 6 heteroatoms. The molecule has 1 atom stereocenters. The monoisotopic (exact) mass is 367 g/mol. The minimum Gasteiger partial charge on any atom is -0.372 e. The Bertz CT molecular complexity index is 694. The Balaban J connectivity index is 1.42. The molecule has 1 N–H and O–H groups in total. The highest BCUT2D eigenvalue weighted by atomic mass is 16.1. The molecule has 1 aliphatic rings. The summed E-state index contributed by atoms with van der Waals surface area (Å²) in [6.07, 6.45) is 8.02. The van der Waals surface area contributed by atoms with Crippen molar-refractivity contribution in [2.24, 2.45) is 5.92 Å².